The normalized spacial score (nSPS) is 11.1. The molecule has 0 radical (unpaired) electrons. The maximum atomic E-state index is 11.4. The van der Waals surface area contributed by atoms with Crippen LogP contribution in [0.4, 0.5) is 0 Å². The maximum absolute atomic E-state index is 11.4. The van der Waals surface area contributed by atoms with E-state index in [1.54, 1.807) is 18.2 Å². The van der Waals surface area contributed by atoms with Crippen molar-refractivity contribution >= 4 is 34.1 Å². The maximum Gasteiger partial charge on any atom is 0.326 e. The first-order valence-corrected chi connectivity index (χ1v) is 5.00. The Kier molecular flexibility index (Phi) is 2.54. The van der Waals surface area contributed by atoms with Gasteiger partial charge in [0.2, 0.25) is 0 Å². The highest BCUT2D eigenvalue weighted by atomic mass is 35.5. The van der Waals surface area contributed by atoms with Crippen molar-refractivity contribution in [1.82, 2.24) is 9.97 Å². The molecule has 2 aromatic rings. The number of para-hydroxylation sites is 1. The van der Waals surface area contributed by atoms with Gasteiger partial charge in [-0.1, -0.05) is 35.3 Å². The molecule has 1 heterocycles. The molecule has 1 aromatic heterocycles. The van der Waals surface area contributed by atoms with Crippen LogP contribution in [0.1, 0.15) is 10.4 Å². The van der Waals surface area contributed by atoms with Crippen molar-refractivity contribution in [3.8, 4) is 0 Å². The highest BCUT2D eigenvalue weighted by molar-refractivity contribution is 6.44. The van der Waals surface area contributed by atoms with Gasteiger partial charge in [-0.3, -0.25) is 9.78 Å². The number of fused-ring (bicyclic) bond motifs is 1. The van der Waals surface area contributed by atoms with Gasteiger partial charge in [-0.2, -0.15) is 0 Å². The first-order valence-electron chi connectivity index (χ1n) is 4.13. The largest absolute Gasteiger partial charge is 0.326 e. The number of hydrogen-bond acceptors (Lipinski definition) is 2. The minimum absolute atomic E-state index is 0.360. The van der Waals surface area contributed by atoms with Gasteiger partial charge in [-0.15, -0.1) is 0 Å². The molecule has 0 unspecified atom stereocenters. The number of rotatable bonds is 1. The summed E-state index contributed by atoms with van der Waals surface area (Å²) < 4.78 is 0. The van der Waals surface area contributed by atoms with E-state index in [1.807, 2.05) is 0 Å². The van der Waals surface area contributed by atoms with Gasteiger partial charge in [0.05, 0.1) is 10.9 Å². The molecule has 0 amide bonds. The molecule has 6 heteroatoms. The predicted octanol–water partition coefficient (Wildman–Crippen LogP) is 1.69. The Hall–Kier alpha value is -1.26. The number of halogens is 2. The van der Waals surface area contributed by atoms with Crippen LogP contribution in [0.3, 0.4) is 0 Å². The summed E-state index contributed by atoms with van der Waals surface area (Å²) >= 11 is 11.4. The SMILES string of the molecule is O=c1[nH]c(=O)c2cccc(C(Cl)Cl)c2[nH]1. The lowest BCUT2D eigenvalue weighted by molar-refractivity contribution is 1.07. The number of nitrogens with one attached hydrogen (secondary N) is 2. The number of aromatic nitrogens is 2. The molecule has 0 saturated carbocycles. The molecule has 0 spiro atoms. The molecule has 15 heavy (non-hydrogen) atoms. The summed E-state index contributed by atoms with van der Waals surface area (Å²) in [6.07, 6.45) is 0. The Morgan fingerprint density at radius 2 is 1.87 bits per heavy atom. The van der Waals surface area contributed by atoms with Crippen molar-refractivity contribution in [3.05, 3.63) is 44.6 Å². The van der Waals surface area contributed by atoms with Crippen LogP contribution < -0.4 is 11.2 Å². The molecule has 0 bridgehead atoms. The van der Waals surface area contributed by atoms with Gasteiger partial charge < -0.3 is 4.98 Å². The Balaban J connectivity index is 2.98. The first kappa shape index (κ1) is 10.3. The van der Waals surface area contributed by atoms with E-state index in [-0.39, 0.29) is 0 Å². The summed E-state index contributed by atoms with van der Waals surface area (Å²) in [6, 6.07) is 4.90. The molecular formula is C9H6Cl2N2O2. The Bertz CT molecular complexity index is 615. The molecule has 0 saturated heterocycles. The monoisotopic (exact) mass is 244 g/mol. The molecule has 2 rings (SSSR count). The minimum atomic E-state index is -0.786. The zero-order valence-electron chi connectivity index (χ0n) is 7.38. The molecule has 0 fully saturated rings. The molecule has 2 N–H and O–H groups in total. The molecule has 0 aliphatic rings. The third-order valence-electron chi connectivity index (χ3n) is 2.04. The van der Waals surface area contributed by atoms with E-state index in [1.165, 1.54) is 0 Å². The summed E-state index contributed by atoms with van der Waals surface area (Å²) in [7, 11) is 0. The van der Waals surface area contributed by atoms with Gasteiger partial charge in [-0.25, -0.2) is 4.79 Å². The second-order valence-corrected chi connectivity index (χ2v) is 4.08. The van der Waals surface area contributed by atoms with Crippen LogP contribution in [0.15, 0.2) is 27.8 Å². The third kappa shape index (κ3) is 1.78. The highest BCUT2D eigenvalue weighted by Gasteiger charge is 2.10. The van der Waals surface area contributed by atoms with Gasteiger partial charge in [0.25, 0.3) is 5.56 Å². The van der Waals surface area contributed by atoms with Crippen LogP contribution in [0.5, 0.6) is 0 Å². The predicted molar refractivity (Wildman–Crippen MR) is 59.6 cm³/mol. The van der Waals surface area contributed by atoms with Crippen molar-refractivity contribution in [2.24, 2.45) is 0 Å². The van der Waals surface area contributed by atoms with Crippen LogP contribution in [0, 0.1) is 0 Å². The van der Waals surface area contributed by atoms with Crippen molar-refractivity contribution in [2.45, 2.75) is 4.84 Å². The number of hydrogen-bond donors (Lipinski definition) is 2. The molecule has 4 nitrogen and oxygen atoms in total. The number of H-pyrrole nitrogens is 2. The molecule has 78 valence electrons. The first-order chi connectivity index (χ1) is 7.09. The van der Waals surface area contributed by atoms with Gasteiger partial charge in [-0.05, 0) is 6.07 Å². The molecule has 0 aliphatic carbocycles. The second-order valence-electron chi connectivity index (χ2n) is 2.98. The van der Waals surface area contributed by atoms with Crippen LogP contribution in [0.2, 0.25) is 0 Å². The van der Waals surface area contributed by atoms with E-state index in [9.17, 15) is 9.59 Å². The summed E-state index contributed by atoms with van der Waals surface area (Å²) in [5, 5.41) is 0.360. The summed E-state index contributed by atoms with van der Waals surface area (Å²) in [5.41, 5.74) is -0.140. The van der Waals surface area contributed by atoms with Crippen LogP contribution in [-0.4, -0.2) is 9.97 Å². The molecule has 0 aliphatic heterocycles. The van der Waals surface area contributed by atoms with E-state index in [0.717, 1.165) is 0 Å². The molecular weight excluding hydrogens is 239 g/mol. The van der Waals surface area contributed by atoms with Crippen molar-refractivity contribution in [3.63, 3.8) is 0 Å². The lowest BCUT2D eigenvalue weighted by Gasteiger charge is -2.05. The fraction of sp³-hybridized carbons (Fsp3) is 0.111. The quantitative estimate of drug-likeness (QED) is 0.751. The topological polar surface area (TPSA) is 65.7 Å². The van der Waals surface area contributed by atoms with E-state index in [4.69, 9.17) is 23.2 Å². The summed E-state index contributed by atoms with van der Waals surface area (Å²) in [5.74, 6) is 0. The fourth-order valence-electron chi connectivity index (χ4n) is 1.40. The summed E-state index contributed by atoms with van der Waals surface area (Å²) in [6.45, 7) is 0. The standard InChI is InChI=1S/C9H6Cl2N2O2/c10-7(11)4-2-1-3-5-6(4)12-9(15)13-8(5)14/h1-3,7H,(H2,12,13,14,15). The third-order valence-corrected chi connectivity index (χ3v) is 2.51. The van der Waals surface area contributed by atoms with Crippen LogP contribution in [0.25, 0.3) is 10.9 Å². The molecule has 1 aromatic carbocycles. The van der Waals surface area contributed by atoms with Crippen LogP contribution in [-0.2, 0) is 0 Å². The van der Waals surface area contributed by atoms with Crippen molar-refractivity contribution < 1.29 is 0 Å². The number of alkyl halides is 2. The lowest BCUT2D eigenvalue weighted by atomic mass is 10.1. The summed E-state index contributed by atoms with van der Waals surface area (Å²) in [4.78, 5) is 26.3. The zero-order valence-corrected chi connectivity index (χ0v) is 8.89. The Morgan fingerprint density at radius 3 is 2.53 bits per heavy atom. The van der Waals surface area contributed by atoms with Crippen LogP contribution >= 0.6 is 23.2 Å². The minimum Gasteiger partial charge on any atom is -0.306 e. The van der Waals surface area contributed by atoms with E-state index >= 15 is 0 Å². The van der Waals surface area contributed by atoms with E-state index < -0.39 is 16.1 Å². The van der Waals surface area contributed by atoms with Gasteiger partial charge in [0.1, 0.15) is 4.84 Å². The Labute approximate surface area is 93.8 Å². The van der Waals surface area contributed by atoms with Crippen molar-refractivity contribution in [2.75, 3.05) is 0 Å². The fourth-order valence-corrected chi connectivity index (χ4v) is 1.76. The Morgan fingerprint density at radius 1 is 1.13 bits per heavy atom. The second kappa shape index (κ2) is 3.72. The van der Waals surface area contributed by atoms with E-state index in [0.29, 0.717) is 16.5 Å². The smallest absolute Gasteiger partial charge is 0.306 e. The van der Waals surface area contributed by atoms with Gasteiger partial charge in [0, 0.05) is 5.56 Å². The number of benzene rings is 1. The van der Waals surface area contributed by atoms with E-state index in [2.05, 4.69) is 9.97 Å². The number of aromatic amines is 2. The highest BCUT2D eigenvalue weighted by Crippen LogP contribution is 2.28. The van der Waals surface area contributed by atoms with Crippen molar-refractivity contribution in [1.29, 1.82) is 0 Å². The average molecular weight is 245 g/mol. The van der Waals surface area contributed by atoms with Gasteiger partial charge >= 0.3 is 5.69 Å². The average Bonchev–Trinajstić information content (AvgIpc) is 2.16. The molecule has 0 atom stereocenters. The lowest BCUT2D eigenvalue weighted by Crippen LogP contribution is -2.22. The zero-order chi connectivity index (χ0) is 11.0. The van der Waals surface area contributed by atoms with Gasteiger partial charge in [0.15, 0.2) is 0 Å².